The van der Waals surface area contributed by atoms with Crippen LogP contribution in [0.15, 0.2) is 79.1 Å². The molecule has 0 saturated heterocycles. The van der Waals surface area contributed by atoms with Gasteiger partial charge in [-0.2, -0.15) is 5.10 Å². The van der Waals surface area contributed by atoms with E-state index in [1.165, 1.54) is 5.56 Å². The zero-order chi connectivity index (χ0) is 19.1. The number of aryl methyl sites for hydroxylation is 1. The van der Waals surface area contributed by atoms with Gasteiger partial charge in [-0.05, 0) is 48.9 Å². The van der Waals surface area contributed by atoms with Gasteiger partial charge in [0.15, 0.2) is 0 Å². The van der Waals surface area contributed by atoms with Gasteiger partial charge in [-0.1, -0.05) is 30.3 Å². The van der Waals surface area contributed by atoms with Crippen LogP contribution in [0, 0.1) is 6.92 Å². The van der Waals surface area contributed by atoms with Crippen LogP contribution in [0.25, 0.3) is 11.5 Å². The Morgan fingerprint density at radius 3 is 2.46 bits per heavy atom. The van der Waals surface area contributed by atoms with E-state index in [2.05, 4.69) is 29.7 Å². The summed E-state index contributed by atoms with van der Waals surface area (Å²) in [6.07, 6.45) is 4.04. The lowest BCUT2D eigenvalue weighted by Gasteiger charge is -2.17. The maximum atomic E-state index is 12.9. The average Bonchev–Trinajstić information content (AvgIpc) is 3.44. The summed E-state index contributed by atoms with van der Waals surface area (Å²) in [6, 6.07) is 21.7. The van der Waals surface area contributed by atoms with Crippen LogP contribution < -0.4 is 0 Å². The standard InChI is InChI=1S/C23H20N4O/c1-17-8-7-11-19(14-17)27-22(25-12-5-6-13-25)20-15-26(16-21(20)24-27)23(28)18-9-3-2-4-10-18/h2-14H,15-16H2,1H3. The van der Waals surface area contributed by atoms with Crippen LogP contribution >= 0.6 is 0 Å². The van der Waals surface area contributed by atoms with Crippen molar-refractivity contribution in [3.05, 3.63) is 102 Å². The molecule has 28 heavy (non-hydrogen) atoms. The summed E-state index contributed by atoms with van der Waals surface area (Å²) >= 11 is 0. The second kappa shape index (κ2) is 6.53. The van der Waals surface area contributed by atoms with Crippen molar-refractivity contribution in [2.75, 3.05) is 0 Å². The van der Waals surface area contributed by atoms with Gasteiger partial charge in [0.05, 0.1) is 24.5 Å². The number of aromatic nitrogens is 3. The minimum atomic E-state index is 0.0409. The second-order valence-corrected chi connectivity index (χ2v) is 7.12. The van der Waals surface area contributed by atoms with E-state index in [0.717, 1.165) is 22.8 Å². The molecule has 4 aromatic rings. The number of benzene rings is 2. The number of fused-ring (bicyclic) bond motifs is 1. The van der Waals surface area contributed by atoms with Crippen molar-refractivity contribution < 1.29 is 4.79 Å². The SMILES string of the molecule is Cc1cccc(-n2nc3c(c2-n2cccc2)CN(C(=O)c2ccccc2)C3)c1. The molecule has 0 atom stereocenters. The molecule has 5 rings (SSSR count). The van der Waals surface area contributed by atoms with E-state index in [-0.39, 0.29) is 5.91 Å². The van der Waals surface area contributed by atoms with E-state index in [9.17, 15) is 4.79 Å². The molecule has 5 heteroatoms. The van der Waals surface area contributed by atoms with Crippen LogP contribution in [0.3, 0.4) is 0 Å². The molecule has 0 aliphatic carbocycles. The fourth-order valence-electron chi connectivity index (χ4n) is 3.79. The number of hydrogen-bond acceptors (Lipinski definition) is 2. The zero-order valence-electron chi connectivity index (χ0n) is 15.6. The number of carbonyl (C=O) groups excluding carboxylic acids is 1. The Labute approximate surface area is 163 Å². The Kier molecular flexibility index (Phi) is 3.86. The normalized spacial score (nSPS) is 13.0. The van der Waals surface area contributed by atoms with Crippen molar-refractivity contribution in [1.82, 2.24) is 19.2 Å². The molecule has 0 saturated carbocycles. The van der Waals surface area contributed by atoms with Gasteiger partial charge < -0.3 is 9.47 Å². The van der Waals surface area contributed by atoms with Crippen molar-refractivity contribution in [1.29, 1.82) is 0 Å². The number of rotatable bonds is 3. The van der Waals surface area contributed by atoms with E-state index >= 15 is 0 Å². The first kappa shape index (κ1) is 16.6. The van der Waals surface area contributed by atoms with Gasteiger partial charge in [-0.15, -0.1) is 0 Å². The van der Waals surface area contributed by atoms with Gasteiger partial charge in [0, 0.05) is 23.5 Å². The molecule has 2 aromatic carbocycles. The van der Waals surface area contributed by atoms with Crippen LogP contribution in [0.4, 0.5) is 0 Å². The minimum Gasteiger partial charge on any atom is -0.328 e. The first-order valence-electron chi connectivity index (χ1n) is 9.36. The Morgan fingerprint density at radius 2 is 1.71 bits per heavy atom. The molecule has 0 N–H and O–H groups in total. The average molecular weight is 368 g/mol. The van der Waals surface area contributed by atoms with Gasteiger partial charge in [-0.3, -0.25) is 4.79 Å². The van der Waals surface area contributed by atoms with Crippen molar-refractivity contribution in [3.8, 4) is 11.5 Å². The minimum absolute atomic E-state index is 0.0409. The number of hydrogen-bond donors (Lipinski definition) is 0. The fraction of sp³-hybridized carbons (Fsp3) is 0.130. The monoisotopic (exact) mass is 368 g/mol. The number of nitrogens with zero attached hydrogens (tertiary/aromatic N) is 4. The zero-order valence-corrected chi connectivity index (χ0v) is 15.6. The van der Waals surface area contributed by atoms with Crippen molar-refractivity contribution in [2.45, 2.75) is 20.0 Å². The molecular formula is C23H20N4O. The summed E-state index contributed by atoms with van der Waals surface area (Å²) in [6.45, 7) is 3.16. The Balaban J connectivity index is 1.56. The van der Waals surface area contributed by atoms with Gasteiger partial charge in [-0.25, -0.2) is 4.68 Å². The molecule has 1 amide bonds. The first-order chi connectivity index (χ1) is 13.7. The fourth-order valence-corrected chi connectivity index (χ4v) is 3.79. The first-order valence-corrected chi connectivity index (χ1v) is 9.36. The Bertz CT molecular complexity index is 1140. The van der Waals surface area contributed by atoms with E-state index < -0.39 is 0 Å². The van der Waals surface area contributed by atoms with Gasteiger partial charge in [0.1, 0.15) is 5.82 Å². The molecule has 3 heterocycles. The van der Waals surface area contributed by atoms with E-state index in [1.54, 1.807) is 0 Å². The highest BCUT2D eigenvalue weighted by molar-refractivity contribution is 5.94. The van der Waals surface area contributed by atoms with Crippen molar-refractivity contribution >= 4 is 5.91 Å². The molecule has 0 radical (unpaired) electrons. The molecular weight excluding hydrogens is 348 g/mol. The third-order valence-electron chi connectivity index (χ3n) is 5.13. The van der Waals surface area contributed by atoms with Crippen molar-refractivity contribution in [3.63, 3.8) is 0 Å². The van der Waals surface area contributed by atoms with E-state index in [0.29, 0.717) is 18.7 Å². The van der Waals surface area contributed by atoms with Crippen molar-refractivity contribution in [2.24, 2.45) is 0 Å². The summed E-state index contributed by atoms with van der Waals surface area (Å²) in [5.41, 5.74) is 4.98. The van der Waals surface area contributed by atoms with Crippen LogP contribution in [0.2, 0.25) is 0 Å². The van der Waals surface area contributed by atoms with Gasteiger partial charge in [0.25, 0.3) is 5.91 Å². The smallest absolute Gasteiger partial charge is 0.254 e. The predicted molar refractivity (Wildman–Crippen MR) is 108 cm³/mol. The van der Waals surface area contributed by atoms with E-state index in [1.807, 2.05) is 70.5 Å². The third kappa shape index (κ3) is 2.72. The Morgan fingerprint density at radius 1 is 0.929 bits per heavy atom. The molecule has 1 aliphatic heterocycles. The van der Waals surface area contributed by atoms with Crippen LogP contribution in [-0.4, -0.2) is 25.2 Å². The molecule has 0 spiro atoms. The largest absolute Gasteiger partial charge is 0.328 e. The van der Waals surface area contributed by atoms with Gasteiger partial charge in [0.2, 0.25) is 0 Å². The quantitative estimate of drug-likeness (QED) is 0.546. The maximum absolute atomic E-state index is 12.9. The third-order valence-corrected chi connectivity index (χ3v) is 5.13. The van der Waals surface area contributed by atoms with Crippen LogP contribution in [0.5, 0.6) is 0 Å². The second-order valence-electron chi connectivity index (χ2n) is 7.12. The molecule has 2 aromatic heterocycles. The summed E-state index contributed by atoms with van der Waals surface area (Å²) in [5.74, 6) is 1.04. The molecule has 0 unspecified atom stereocenters. The summed E-state index contributed by atoms with van der Waals surface area (Å²) in [7, 11) is 0. The lowest BCUT2D eigenvalue weighted by molar-refractivity contribution is 0.0749. The molecule has 0 fully saturated rings. The topological polar surface area (TPSA) is 43.1 Å². The highest BCUT2D eigenvalue weighted by atomic mass is 16.2. The highest BCUT2D eigenvalue weighted by Crippen LogP contribution is 2.31. The predicted octanol–water partition coefficient (Wildman–Crippen LogP) is 4.13. The summed E-state index contributed by atoms with van der Waals surface area (Å²) < 4.78 is 4.06. The Hall–Kier alpha value is -3.60. The summed E-state index contributed by atoms with van der Waals surface area (Å²) in [4.78, 5) is 14.8. The number of amides is 1. The molecule has 0 bridgehead atoms. The highest BCUT2D eigenvalue weighted by Gasteiger charge is 2.31. The van der Waals surface area contributed by atoms with Crippen LogP contribution in [-0.2, 0) is 13.1 Å². The summed E-state index contributed by atoms with van der Waals surface area (Å²) in [5, 5.41) is 4.89. The maximum Gasteiger partial charge on any atom is 0.254 e. The van der Waals surface area contributed by atoms with E-state index in [4.69, 9.17) is 5.10 Å². The number of carbonyl (C=O) groups is 1. The molecule has 1 aliphatic rings. The lowest BCUT2D eigenvalue weighted by Crippen LogP contribution is -2.26. The lowest BCUT2D eigenvalue weighted by atomic mass is 10.2. The van der Waals surface area contributed by atoms with Crippen LogP contribution in [0.1, 0.15) is 27.2 Å². The molecule has 5 nitrogen and oxygen atoms in total. The molecule has 138 valence electrons. The van der Waals surface area contributed by atoms with Gasteiger partial charge >= 0.3 is 0 Å².